The van der Waals surface area contributed by atoms with E-state index in [1.807, 2.05) is 60.7 Å². The quantitative estimate of drug-likeness (QED) is 0.796. The van der Waals surface area contributed by atoms with E-state index in [1.54, 1.807) is 6.92 Å². The minimum atomic E-state index is -0.703. The summed E-state index contributed by atoms with van der Waals surface area (Å²) in [7, 11) is 0. The van der Waals surface area contributed by atoms with Crippen LogP contribution in [0.4, 0.5) is 0 Å². The summed E-state index contributed by atoms with van der Waals surface area (Å²) in [5.41, 5.74) is 3.12. The number of rotatable bonds is 4. The van der Waals surface area contributed by atoms with E-state index in [2.05, 4.69) is 0 Å². The summed E-state index contributed by atoms with van der Waals surface area (Å²) in [6.45, 7) is 1.55. The van der Waals surface area contributed by atoms with Gasteiger partial charge in [0, 0.05) is 0 Å². The second-order valence-electron chi connectivity index (χ2n) is 4.50. The number of esters is 1. The van der Waals surface area contributed by atoms with E-state index in [1.165, 1.54) is 0 Å². The molecule has 0 N–H and O–H groups in total. The first-order chi connectivity index (χ1) is 9.69. The molecule has 0 unspecified atom stereocenters. The summed E-state index contributed by atoms with van der Waals surface area (Å²) in [6, 6.07) is 19.7. The first-order valence-corrected chi connectivity index (χ1v) is 6.42. The van der Waals surface area contributed by atoms with Gasteiger partial charge in [0.1, 0.15) is 6.07 Å². The second-order valence-corrected chi connectivity index (χ2v) is 4.50. The molecule has 0 aromatic heterocycles. The first kappa shape index (κ1) is 13.8. The summed E-state index contributed by atoms with van der Waals surface area (Å²) >= 11 is 0. The summed E-state index contributed by atoms with van der Waals surface area (Å²) in [5.74, 6) is -0.383. The van der Waals surface area contributed by atoms with Gasteiger partial charge in [-0.15, -0.1) is 0 Å². The summed E-state index contributed by atoms with van der Waals surface area (Å²) in [6.07, 6.45) is -0.521. The molecular weight excluding hydrogens is 250 g/mol. The predicted octanol–water partition coefficient (Wildman–Crippen LogP) is 3.35. The van der Waals surface area contributed by atoms with Crippen LogP contribution in [0.25, 0.3) is 11.1 Å². The predicted molar refractivity (Wildman–Crippen MR) is 76.7 cm³/mol. The Bertz CT molecular complexity index is 612. The third-order valence-corrected chi connectivity index (χ3v) is 2.90. The summed E-state index contributed by atoms with van der Waals surface area (Å²) in [4.78, 5) is 11.6. The Hall–Kier alpha value is -2.60. The fraction of sp³-hybridized carbons (Fsp3) is 0.176. The third kappa shape index (κ3) is 3.69. The van der Waals surface area contributed by atoms with Crippen LogP contribution in [0.15, 0.2) is 54.6 Å². The van der Waals surface area contributed by atoms with Gasteiger partial charge in [-0.25, -0.2) is 0 Å². The number of nitriles is 1. The molecule has 1 atom stereocenters. The molecule has 0 saturated carbocycles. The normalized spacial score (nSPS) is 11.4. The number of benzene rings is 2. The van der Waals surface area contributed by atoms with E-state index in [0.29, 0.717) is 0 Å². The lowest BCUT2D eigenvalue weighted by Gasteiger charge is -2.07. The highest BCUT2D eigenvalue weighted by Gasteiger charge is 2.09. The van der Waals surface area contributed by atoms with Crippen LogP contribution in [0.5, 0.6) is 0 Å². The van der Waals surface area contributed by atoms with E-state index in [0.717, 1.165) is 16.7 Å². The van der Waals surface area contributed by atoms with Crippen molar-refractivity contribution in [1.29, 1.82) is 5.26 Å². The zero-order chi connectivity index (χ0) is 14.4. The summed E-state index contributed by atoms with van der Waals surface area (Å²) in [5, 5.41) is 8.58. The van der Waals surface area contributed by atoms with E-state index >= 15 is 0 Å². The molecule has 0 aliphatic rings. The van der Waals surface area contributed by atoms with Crippen LogP contribution in [0.3, 0.4) is 0 Å². The van der Waals surface area contributed by atoms with E-state index in [-0.39, 0.29) is 12.4 Å². The molecule has 0 aliphatic heterocycles. The fourth-order valence-corrected chi connectivity index (χ4v) is 1.88. The molecule has 20 heavy (non-hydrogen) atoms. The van der Waals surface area contributed by atoms with Gasteiger partial charge >= 0.3 is 5.97 Å². The van der Waals surface area contributed by atoms with Crippen molar-refractivity contribution in [3.8, 4) is 17.2 Å². The molecule has 0 radical (unpaired) electrons. The van der Waals surface area contributed by atoms with Crippen molar-refractivity contribution in [2.75, 3.05) is 0 Å². The lowest BCUT2D eigenvalue weighted by Crippen LogP contribution is -2.14. The number of nitrogens with zero attached hydrogens (tertiary/aromatic N) is 1. The molecule has 0 amide bonds. The minimum absolute atomic E-state index is 0.182. The molecule has 100 valence electrons. The highest BCUT2D eigenvalue weighted by Crippen LogP contribution is 2.19. The van der Waals surface area contributed by atoms with Crippen molar-refractivity contribution in [2.24, 2.45) is 0 Å². The van der Waals surface area contributed by atoms with E-state index in [4.69, 9.17) is 10.00 Å². The van der Waals surface area contributed by atoms with Crippen molar-refractivity contribution in [3.05, 3.63) is 60.2 Å². The maximum atomic E-state index is 11.6. The van der Waals surface area contributed by atoms with Gasteiger partial charge < -0.3 is 4.74 Å². The van der Waals surface area contributed by atoms with E-state index in [9.17, 15) is 4.79 Å². The summed E-state index contributed by atoms with van der Waals surface area (Å²) < 4.78 is 4.92. The second kappa shape index (κ2) is 6.53. The standard InChI is InChI=1S/C17H15NO2/c1-13(12-18)20-17(19)11-14-7-9-16(10-8-14)15-5-3-2-4-6-15/h2-10,13H,11H2,1H3/t13-/m0/s1. The largest absolute Gasteiger partial charge is 0.447 e. The molecule has 0 bridgehead atoms. The van der Waals surface area contributed by atoms with Gasteiger partial charge in [0.05, 0.1) is 6.42 Å². The molecule has 3 nitrogen and oxygen atoms in total. The zero-order valence-electron chi connectivity index (χ0n) is 11.2. The fourth-order valence-electron chi connectivity index (χ4n) is 1.88. The molecule has 0 saturated heterocycles. The average Bonchev–Trinajstić information content (AvgIpc) is 2.48. The van der Waals surface area contributed by atoms with Gasteiger partial charge in [0.2, 0.25) is 0 Å². The molecular formula is C17H15NO2. The number of carbonyl (C=O) groups is 1. The van der Waals surface area contributed by atoms with Gasteiger partial charge in [0.25, 0.3) is 0 Å². The van der Waals surface area contributed by atoms with Crippen LogP contribution in [0.2, 0.25) is 0 Å². The Morgan fingerprint density at radius 1 is 1.10 bits per heavy atom. The molecule has 0 heterocycles. The van der Waals surface area contributed by atoms with Gasteiger partial charge in [0.15, 0.2) is 6.10 Å². The number of carbonyl (C=O) groups excluding carboxylic acids is 1. The Balaban J connectivity index is 2.02. The Morgan fingerprint density at radius 3 is 2.30 bits per heavy atom. The zero-order valence-corrected chi connectivity index (χ0v) is 11.2. The lowest BCUT2D eigenvalue weighted by molar-refractivity contribution is -0.145. The van der Waals surface area contributed by atoms with Crippen molar-refractivity contribution in [3.63, 3.8) is 0 Å². The molecule has 2 aromatic rings. The van der Waals surface area contributed by atoms with Gasteiger partial charge in [-0.2, -0.15) is 5.26 Å². The lowest BCUT2D eigenvalue weighted by atomic mass is 10.0. The Kier molecular flexibility index (Phi) is 4.52. The van der Waals surface area contributed by atoms with Crippen LogP contribution in [0, 0.1) is 11.3 Å². The highest BCUT2D eigenvalue weighted by atomic mass is 16.5. The van der Waals surface area contributed by atoms with Gasteiger partial charge in [-0.05, 0) is 23.6 Å². The molecule has 0 spiro atoms. The van der Waals surface area contributed by atoms with Gasteiger partial charge in [-0.1, -0.05) is 54.6 Å². The minimum Gasteiger partial charge on any atom is -0.447 e. The number of hydrogen-bond donors (Lipinski definition) is 0. The van der Waals surface area contributed by atoms with Crippen LogP contribution < -0.4 is 0 Å². The average molecular weight is 265 g/mol. The Morgan fingerprint density at radius 2 is 1.70 bits per heavy atom. The molecule has 2 aromatic carbocycles. The third-order valence-electron chi connectivity index (χ3n) is 2.90. The Labute approximate surface area is 118 Å². The maximum Gasteiger partial charge on any atom is 0.311 e. The highest BCUT2D eigenvalue weighted by molar-refractivity contribution is 5.73. The van der Waals surface area contributed by atoms with Crippen LogP contribution in [-0.2, 0) is 16.0 Å². The van der Waals surface area contributed by atoms with Crippen LogP contribution >= 0.6 is 0 Å². The number of hydrogen-bond acceptors (Lipinski definition) is 3. The SMILES string of the molecule is C[C@@H](C#N)OC(=O)Cc1ccc(-c2ccccc2)cc1. The van der Waals surface area contributed by atoms with Crippen LogP contribution in [0.1, 0.15) is 12.5 Å². The maximum absolute atomic E-state index is 11.6. The van der Waals surface area contributed by atoms with Crippen molar-refractivity contribution in [2.45, 2.75) is 19.4 Å². The van der Waals surface area contributed by atoms with Gasteiger partial charge in [-0.3, -0.25) is 4.79 Å². The van der Waals surface area contributed by atoms with Crippen molar-refractivity contribution < 1.29 is 9.53 Å². The molecule has 0 aliphatic carbocycles. The van der Waals surface area contributed by atoms with Crippen LogP contribution in [-0.4, -0.2) is 12.1 Å². The van der Waals surface area contributed by atoms with Crippen molar-refractivity contribution >= 4 is 5.97 Å². The first-order valence-electron chi connectivity index (χ1n) is 6.42. The topological polar surface area (TPSA) is 50.1 Å². The van der Waals surface area contributed by atoms with E-state index < -0.39 is 6.10 Å². The molecule has 2 rings (SSSR count). The number of ether oxygens (including phenoxy) is 1. The molecule has 3 heteroatoms. The monoisotopic (exact) mass is 265 g/mol. The molecule has 0 fully saturated rings. The van der Waals surface area contributed by atoms with Crippen molar-refractivity contribution in [1.82, 2.24) is 0 Å². The smallest absolute Gasteiger partial charge is 0.311 e.